The second kappa shape index (κ2) is 3.49. The molecule has 80 valence electrons. The van der Waals surface area contributed by atoms with Gasteiger partial charge >= 0.3 is 0 Å². The number of piperidine rings is 1. The summed E-state index contributed by atoms with van der Waals surface area (Å²) in [5, 5.41) is 3.56. The third-order valence-corrected chi connectivity index (χ3v) is 4.50. The highest BCUT2D eigenvalue weighted by Crippen LogP contribution is 2.39. The van der Waals surface area contributed by atoms with E-state index >= 15 is 0 Å². The molecule has 0 amide bonds. The van der Waals surface area contributed by atoms with Gasteiger partial charge in [0.05, 0.1) is 0 Å². The third kappa shape index (κ3) is 1.49. The number of nitrogens with zero attached hydrogens (tertiary/aromatic N) is 1. The van der Waals surface area contributed by atoms with Crippen LogP contribution in [0.4, 0.5) is 0 Å². The van der Waals surface area contributed by atoms with Crippen molar-refractivity contribution in [2.45, 2.75) is 44.2 Å². The Balaban J connectivity index is 1.71. The average Bonchev–Trinajstić information content (AvgIpc) is 2.98. The van der Waals surface area contributed by atoms with Crippen LogP contribution < -0.4 is 5.32 Å². The summed E-state index contributed by atoms with van der Waals surface area (Å²) in [6.07, 6.45) is 7.36. The molecule has 2 heteroatoms. The molecule has 0 aromatic heterocycles. The van der Waals surface area contributed by atoms with E-state index in [9.17, 15) is 0 Å². The fourth-order valence-corrected chi connectivity index (χ4v) is 3.68. The van der Waals surface area contributed by atoms with E-state index in [1.807, 2.05) is 0 Å². The van der Waals surface area contributed by atoms with Crippen LogP contribution in [0.5, 0.6) is 0 Å². The van der Waals surface area contributed by atoms with Crippen LogP contribution in [0.25, 0.3) is 0 Å². The molecule has 2 saturated carbocycles. The summed E-state index contributed by atoms with van der Waals surface area (Å²) in [4.78, 5) is 2.78. The monoisotopic (exact) mass is 194 g/mol. The molecule has 2 bridgehead atoms. The van der Waals surface area contributed by atoms with Crippen molar-refractivity contribution >= 4 is 0 Å². The van der Waals surface area contributed by atoms with Crippen molar-refractivity contribution in [3.05, 3.63) is 0 Å². The van der Waals surface area contributed by atoms with Crippen LogP contribution in [-0.2, 0) is 0 Å². The SMILES string of the molecule is CNC1C2CCCC1CN(C1CC1)C2. The Morgan fingerprint density at radius 3 is 2.14 bits per heavy atom. The number of likely N-dealkylation sites (tertiary alicyclic amines) is 1. The molecule has 2 atom stereocenters. The Kier molecular flexibility index (Phi) is 2.29. The second-order valence-electron chi connectivity index (χ2n) is 5.45. The first-order valence-corrected chi connectivity index (χ1v) is 6.30. The topological polar surface area (TPSA) is 15.3 Å². The van der Waals surface area contributed by atoms with Gasteiger partial charge in [-0.2, -0.15) is 0 Å². The quantitative estimate of drug-likeness (QED) is 0.716. The summed E-state index contributed by atoms with van der Waals surface area (Å²) >= 11 is 0. The molecular formula is C12H22N2. The zero-order chi connectivity index (χ0) is 9.54. The molecule has 14 heavy (non-hydrogen) atoms. The Morgan fingerprint density at radius 2 is 1.64 bits per heavy atom. The van der Waals surface area contributed by atoms with Crippen LogP contribution >= 0.6 is 0 Å². The highest BCUT2D eigenvalue weighted by Gasteiger charge is 2.42. The Hall–Kier alpha value is -0.0800. The largest absolute Gasteiger partial charge is 0.316 e. The van der Waals surface area contributed by atoms with Gasteiger partial charge in [0.1, 0.15) is 0 Å². The van der Waals surface area contributed by atoms with Gasteiger partial charge in [0.15, 0.2) is 0 Å². The van der Waals surface area contributed by atoms with Crippen LogP contribution in [-0.4, -0.2) is 37.1 Å². The van der Waals surface area contributed by atoms with Crippen molar-refractivity contribution < 1.29 is 0 Å². The Morgan fingerprint density at radius 1 is 1.00 bits per heavy atom. The fourth-order valence-electron chi connectivity index (χ4n) is 3.68. The molecule has 1 aliphatic heterocycles. The predicted octanol–water partition coefficient (Wildman–Crippen LogP) is 1.47. The smallest absolute Gasteiger partial charge is 0.0145 e. The van der Waals surface area contributed by atoms with Crippen LogP contribution in [0, 0.1) is 11.8 Å². The van der Waals surface area contributed by atoms with Crippen LogP contribution in [0.1, 0.15) is 32.1 Å². The van der Waals surface area contributed by atoms with Crippen LogP contribution in [0.15, 0.2) is 0 Å². The molecule has 0 aromatic rings. The first-order chi connectivity index (χ1) is 6.88. The highest BCUT2D eigenvalue weighted by molar-refractivity contribution is 4.98. The van der Waals surface area contributed by atoms with E-state index < -0.39 is 0 Å². The minimum atomic E-state index is 0.832. The fraction of sp³-hybridized carbons (Fsp3) is 1.00. The lowest BCUT2D eigenvalue weighted by molar-refractivity contribution is 0.0455. The zero-order valence-corrected chi connectivity index (χ0v) is 9.21. The lowest BCUT2D eigenvalue weighted by atomic mass is 9.73. The number of hydrogen-bond acceptors (Lipinski definition) is 2. The Labute approximate surface area is 87.0 Å². The maximum atomic E-state index is 3.56. The lowest BCUT2D eigenvalue weighted by Gasteiger charge is -2.47. The molecule has 3 fully saturated rings. The third-order valence-electron chi connectivity index (χ3n) is 4.50. The maximum Gasteiger partial charge on any atom is 0.0145 e. The van der Waals surface area contributed by atoms with E-state index in [1.54, 1.807) is 0 Å². The minimum absolute atomic E-state index is 0.832. The molecular weight excluding hydrogens is 172 g/mol. The minimum Gasteiger partial charge on any atom is -0.316 e. The van der Waals surface area contributed by atoms with Crippen LogP contribution in [0.2, 0.25) is 0 Å². The molecule has 3 aliphatic rings. The van der Waals surface area contributed by atoms with Gasteiger partial charge in [-0.25, -0.2) is 0 Å². The zero-order valence-electron chi connectivity index (χ0n) is 9.21. The number of rotatable bonds is 2. The Bertz CT molecular complexity index is 198. The van der Waals surface area contributed by atoms with E-state index in [4.69, 9.17) is 0 Å². The van der Waals surface area contributed by atoms with Crippen molar-refractivity contribution in [3.8, 4) is 0 Å². The van der Waals surface area contributed by atoms with E-state index in [-0.39, 0.29) is 0 Å². The van der Waals surface area contributed by atoms with Gasteiger partial charge in [-0.3, -0.25) is 4.90 Å². The molecule has 2 unspecified atom stereocenters. The van der Waals surface area contributed by atoms with Gasteiger partial charge in [-0.05, 0) is 44.6 Å². The molecule has 1 N–H and O–H groups in total. The molecule has 2 aliphatic carbocycles. The normalized spacial score (nSPS) is 43.9. The van der Waals surface area contributed by atoms with E-state index in [2.05, 4.69) is 17.3 Å². The number of hydrogen-bond donors (Lipinski definition) is 1. The van der Waals surface area contributed by atoms with Crippen molar-refractivity contribution in [1.82, 2.24) is 10.2 Å². The van der Waals surface area contributed by atoms with Gasteiger partial charge in [0.25, 0.3) is 0 Å². The first-order valence-electron chi connectivity index (χ1n) is 6.30. The molecule has 1 saturated heterocycles. The maximum absolute atomic E-state index is 3.56. The summed E-state index contributed by atoms with van der Waals surface area (Å²) in [5.41, 5.74) is 0. The molecule has 3 rings (SSSR count). The average molecular weight is 194 g/mol. The van der Waals surface area contributed by atoms with Gasteiger partial charge in [0.2, 0.25) is 0 Å². The van der Waals surface area contributed by atoms with Crippen molar-refractivity contribution in [2.75, 3.05) is 20.1 Å². The van der Waals surface area contributed by atoms with Crippen molar-refractivity contribution in [3.63, 3.8) is 0 Å². The summed E-state index contributed by atoms with van der Waals surface area (Å²) in [5.74, 6) is 1.90. The van der Waals surface area contributed by atoms with E-state index in [0.717, 1.165) is 23.9 Å². The van der Waals surface area contributed by atoms with Crippen molar-refractivity contribution in [1.29, 1.82) is 0 Å². The number of nitrogens with one attached hydrogen (secondary N) is 1. The second-order valence-corrected chi connectivity index (χ2v) is 5.45. The summed E-state index contributed by atoms with van der Waals surface area (Å²) in [7, 11) is 2.16. The van der Waals surface area contributed by atoms with Crippen LogP contribution in [0.3, 0.4) is 0 Å². The van der Waals surface area contributed by atoms with E-state index in [1.165, 1.54) is 45.2 Å². The van der Waals surface area contributed by atoms with E-state index in [0.29, 0.717) is 0 Å². The molecule has 0 aromatic carbocycles. The summed E-state index contributed by atoms with van der Waals surface area (Å²) in [6.45, 7) is 2.76. The highest BCUT2D eigenvalue weighted by atomic mass is 15.2. The van der Waals surface area contributed by atoms with Gasteiger partial charge < -0.3 is 5.32 Å². The first kappa shape index (κ1) is 9.17. The standard InChI is InChI=1S/C12H22N2/c1-13-12-9-3-2-4-10(12)8-14(7-9)11-5-6-11/h9-13H,2-8H2,1H3. The molecule has 0 spiro atoms. The predicted molar refractivity (Wildman–Crippen MR) is 58.3 cm³/mol. The summed E-state index contributed by atoms with van der Waals surface area (Å²) < 4.78 is 0. The molecule has 2 nitrogen and oxygen atoms in total. The van der Waals surface area contributed by atoms with Gasteiger partial charge in [-0.1, -0.05) is 6.42 Å². The number of fused-ring (bicyclic) bond motifs is 2. The van der Waals surface area contributed by atoms with Gasteiger partial charge in [0, 0.05) is 25.2 Å². The molecule has 0 radical (unpaired) electrons. The lowest BCUT2D eigenvalue weighted by Crippen LogP contribution is -2.56. The van der Waals surface area contributed by atoms with Gasteiger partial charge in [-0.15, -0.1) is 0 Å². The molecule has 1 heterocycles. The van der Waals surface area contributed by atoms with Crippen molar-refractivity contribution in [2.24, 2.45) is 11.8 Å². The summed E-state index contributed by atoms with van der Waals surface area (Å²) in [6, 6.07) is 1.81.